The molecule has 0 unspecified atom stereocenters. The van der Waals surface area contributed by atoms with Crippen LogP contribution >= 0.6 is 0 Å². The molecular formula is C21H23N3O4. The molecule has 1 heterocycles. The summed E-state index contributed by atoms with van der Waals surface area (Å²) in [5, 5.41) is 3.86. The van der Waals surface area contributed by atoms with E-state index in [2.05, 4.69) is 10.5 Å². The zero-order valence-corrected chi connectivity index (χ0v) is 15.8. The number of hydrazone groups is 1. The van der Waals surface area contributed by atoms with Crippen LogP contribution in [0, 0.1) is 0 Å². The van der Waals surface area contributed by atoms with Gasteiger partial charge in [-0.1, -0.05) is 30.3 Å². The molecule has 0 saturated carbocycles. The van der Waals surface area contributed by atoms with Crippen molar-refractivity contribution in [2.24, 2.45) is 5.10 Å². The van der Waals surface area contributed by atoms with Gasteiger partial charge < -0.3 is 14.4 Å². The lowest BCUT2D eigenvalue weighted by atomic mass is 10.2. The minimum Gasteiger partial charge on any atom is -0.493 e. The molecule has 1 aliphatic heterocycles. The first-order chi connectivity index (χ1) is 13.7. The van der Waals surface area contributed by atoms with Gasteiger partial charge in [0.1, 0.15) is 6.61 Å². The quantitative estimate of drug-likeness (QED) is 0.473. The number of benzene rings is 2. The van der Waals surface area contributed by atoms with Crippen LogP contribution in [0.15, 0.2) is 53.6 Å². The fourth-order valence-corrected chi connectivity index (χ4v) is 2.90. The average molecular weight is 381 g/mol. The number of hydrogen-bond acceptors (Lipinski definition) is 5. The Morgan fingerprint density at radius 2 is 1.86 bits per heavy atom. The van der Waals surface area contributed by atoms with Gasteiger partial charge in [-0.05, 0) is 42.2 Å². The molecule has 28 heavy (non-hydrogen) atoms. The monoisotopic (exact) mass is 381 g/mol. The Bertz CT molecular complexity index is 846. The number of rotatable bonds is 6. The van der Waals surface area contributed by atoms with Gasteiger partial charge in [0.05, 0.1) is 13.3 Å². The molecule has 1 saturated heterocycles. The van der Waals surface area contributed by atoms with Crippen LogP contribution in [0.1, 0.15) is 24.0 Å². The summed E-state index contributed by atoms with van der Waals surface area (Å²) in [5.41, 5.74) is 4.04. The van der Waals surface area contributed by atoms with Gasteiger partial charge in [-0.2, -0.15) is 5.10 Å². The van der Waals surface area contributed by atoms with Crippen molar-refractivity contribution in [1.82, 2.24) is 10.3 Å². The van der Waals surface area contributed by atoms with Crippen molar-refractivity contribution < 1.29 is 19.1 Å². The number of methoxy groups -OCH3 is 1. The molecule has 0 radical (unpaired) electrons. The van der Waals surface area contributed by atoms with Crippen molar-refractivity contribution in [1.29, 1.82) is 0 Å². The number of hydrogen-bond donors (Lipinski definition) is 1. The van der Waals surface area contributed by atoms with Gasteiger partial charge in [-0.3, -0.25) is 9.59 Å². The van der Waals surface area contributed by atoms with E-state index in [1.165, 1.54) is 11.1 Å². The van der Waals surface area contributed by atoms with E-state index in [-0.39, 0.29) is 0 Å². The van der Waals surface area contributed by atoms with Crippen LogP contribution in [0.4, 0.5) is 0 Å². The number of carbonyl (C=O) groups excluding carboxylic acids is 2. The summed E-state index contributed by atoms with van der Waals surface area (Å²) in [6.07, 6.45) is 3.32. The largest absolute Gasteiger partial charge is 0.493 e. The molecule has 1 fully saturated rings. The Hall–Kier alpha value is -3.35. The Morgan fingerprint density at radius 3 is 2.57 bits per heavy atom. The van der Waals surface area contributed by atoms with E-state index in [0.717, 1.165) is 18.4 Å². The van der Waals surface area contributed by atoms with Crippen LogP contribution in [0.25, 0.3) is 0 Å². The lowest BCUT2D eigenvalue weighted by molar-refractivity contribution is -0.145. The molecule has 1 N–H and O–H groups in total. The van der Waals surface area contributed by atoms with Gasteiger partial charge in [-0.15, -0.1) is 0 Å². The minimum atomic E-state index is -0.729. The molecule has 2 aromatic carbocycles. The Labute approximate surface area is 163 Å². The lowest BCUT2D eigenvalue weighted by Crippen LogP contribution is -2.39. The predicted octanol–water partition coefficient (Wildman–Crippen LogP) is 2.35. The van der Waals surface area contributed by atoms with Gasteiger partial charge in [0.15, 0.2) is 11.5 Å². The molecule has 0 bridgehead atoms. The van der Waals surface area contributed by atoms with Crippen molar-refractivity contribution in [3.05, 3.63) is 59.7 Å². The van der Waals surface area contributed by atoms with Crippen LogP contribution in [-0.4, -0.2) is 43.1 Å². The molecule has 1 aliphatic rings. The SMILES string of the molecule is COc1cc(/C=N\NC(=O)C(=O)N2CCCC2)ccc1OCc1ccccc1. The fraction of sp³-hybridized carbons (Fsp3) is 0.286. The molecule has 2 aromatic rings. The second-order valence-corrected chi connectivity index (χ2v) is 6.38. The minimum absolute atomic E-state index is 0.430. The summed E-state index contributed by atoms with van der Waals surface area (Å²) in [4.78, 5) is 25.3. The molecule has 0 aliphatic carbocycles. The van der Waals surface area contributed by atoms with E-state index in [4.69, 9.17) is 9.47 Å². The number of likely N-dealkylation sites (tertiary alicyclic amines) is 1. The third kappa shape index (κ3) is 5.09. The Kier molecular flexibility index (Phi) is 6.62. The summed E-state index contributed by atoms with van der Waals surface area (Å²) >= 11 is 0. The number of nitrogens with one attached hydrogen (secondary N) is 1. The van der Waals surface area contributed by atoms with Crippen molar-refractivity contribution in [3.63, 3.8) is 0 Å². The summed E-state index contributed by atoms with van der Waals surface area (Å²) in [5.74, 6) is -0.110. The fourth-order valence-electron chi connectivity index (χ4n) is 2.90. The highest BCUT2D eigenvalue weighted by atomic mass is 16.5. The summed E-state index contributed by atoms with van der Waals surface area (Å²) < 4.78 is 11.2. The van der Waals surface area contributed by atoms with Gasteiger partial charge in [0.25, 0.3) is 0 Å². The molecule has 7 heteroatoms. The normalized spacial score (nSPS) is 13.5. The lowest BCUT2D eigenvalue weighted by Gasteiger charge is -2.13. The van der Waals surface area contributed by atoms with E-state index >= 15 is 0 Å². The second kappa shape index (κ2) is 9.55. The summed E-state index contributed by atoms with van der Waals surface area (Å²) in [6, 6.07) is 15.2. The highest BCUT2D eigenvalue weighted by molar-refractivity contribution is 6.35. The van der Waals surface area contributed by atoms with Crippen LogP contribution < -0.4 is 14.9 Å². The molecule has 146 valence electrons. The zero-order valence-electron chi connectivity index (χ0n) is 15.8. The van der Waals surface area contributed by atoms with E-state index in [0.29, 0.717) is 36.8 Å². The maximum Gasteiger partial charge on any atom is 0.329 e. The molecule has 0 atom stereocenters. The Balaban J connectivity index is 1.57. The van der Waals surface area contributed by atoms with Crippen LogP contribution in [0.3, 0.4) is 0 Å². The smallest absolute Gasteiger partial charge is 0.329 e. The van der Waals surface area contributed by atoms with Gasteiger partial charge >= 0.3 is 11.8 Å². The van der Waals surface area contributed by atoms with E-state index in [1.807, 2.05) is 30.3 Å². The molecule has 0 aromatic heterocycles. The van der Waals surface area contributed by atoms with E-state index in [1.54, 1.807) is 25.3 Å². The number of carbonyl (C=O) groups is 2. The predicted molar refractivity (Wildman–Crippen MR) is 105 cm³/mol. The molecule has 3 rings (SSSR count). The average Bonchev–Trinajstić information content (AvgIpc) is 3.27. The van der Waals surface area contributed by atoms with Gasteiger partial charge in [-0.25, -0.2) is 5.43 Å². The standard InChI is InChI=1S/C21H23N3O4/c1-27-19-13-17(9-10-18(19)28-15-16-7-3-2-4-8-16)14-22-23-20(25)21(26)24-11-5-6-12-24/h2-4,7-10,13-14H,5-6,11-12,15H2,1H3,(H,23,25)/b22-14-. The first kappa shape index (κ1) is 19.4. The van der Waals surface area contributed by atoms with Crippen molar-refractivity contribution in [2.45, 2.75) is 19.4 Å². The highest BCUT2D eigenvalue weighted by Crippen LogP contribution is 2.28. The van der Waals surface area contributed by atoms with E-state index in [9.17, 15) is 9.59 Å². The van der Waals surface area contributed by atoms with Crippen molar-refractivity contribution in [3.8, 4) is 11.5 Å². The van der Waals surface area contributed by atoms with Crippen LogP contribution in [-0.2, 0) is 16.2 Å². The maximum atomic E-state index is 11.9. The zero-order chi connectivity index (χ0) is 19.8. The third-order valence-corrected chi connectivity index (χ3v) is 4.39. The maximum absolute atomic E-state index is 11.9. The molecular weight excluding hydrogens is 358 g/mol. The number of ether oxygens (including phenoxy) is 2. The first-order valence-electron chi connectivity index (χ1n) is 9.14. The third-order valence-electron chi connectivity index (χ3n) is 4.39. The topological polar surface area (TPSA) is 80.2 Å². The molecule has 0 spiro atoms. The second-order valence-electron chi connectivity index (χ2n) is 6.38. The summed E-state index contributed by atoms with van der Waals surface area (Å²) in [7, 11) is 1.56. The Morgan fingerprint density at radius 1 is 1.11 bits per heavy atom. The highest BCUT2D eigenvalue weighted by Gasteiger charge is 2.23. The summed E-state index contributed by atoms with van der Waals surface area (Å²) in [6.45, 7) is 1.68. The first-order valence-corrected chi connectivity index (χ1v) is 9.14. The van der Waals surface area contributed by atoms with Crippen molar-refractivity contribution in [2.75, 3.05) is 20.2 Å². The number of amides is 2. The van der Waals surface area contributed by atoms with Crippen molar-refractivity contribution >= 4 is 18.0 Å². The number of nitrogens with zero attached hydrogens (tertiary/aromatic N) is 2. The molecule has 2 amide bonds. The van der Waals surface area contributed by atoms with Gasteiger partial charge in [0.2, 0.25) is 0 Å². The van der Waals surface area contributed by atoms with E-state index < -0.39 is 11.8 Å². The molecule has 7 nitrogen and oxygen atoms in total. The van der Waals surface area contributed by atoms with Crippen LogP contribution in [0.5, 0.6) is 11.5 Å². The van der Waals surface area contributed by atoms with Crippen LogP contribution in [0.2, 0.25) is 0 Å². The van der Waals surface area contributed by atoms with Gasteiger partial charge in [0, 0.05) is 13.1 Å².